The van der Waals surface area contributed by atoms with Gasteiger partial charge in [-0.15, -0.1) is 6.42 Å². The summed E-state index contributed by atoms with van der Waals surface area (Å²) in [4.78, 5) is 44.8. The van der Waals surface area contributed by atoms with Crippen molar-refractivity contribution in [2.75, 3.05) is 45.2 Å². The van der Waals surface area contributed by atoms with E-state index in [-0.39, 0.29) is 11.5 Å². The first kappa shape index (κ1) is 54.0. The van der Waals surface area contributed by atoms with Gasteiger partial charge in [0.15, 0.2) is 0 Å². The summed E-state index contributed by atoms with van der Waals surface area (Å²) >= 11 is 8.37. The number of H-pyrrole nitrogens is 1. The maximum absolute atomic E-state index is 12.6. The Morgan fingerprint density at radius 3 is 1.55 bits per heavy atom. The Kier molecular flexibility index (Phi) is 19.6. The molecule has 5 aromatic heterocycles. The smallest absolute Gasteiger partial charge is 0.262 e. The van der Waals surface area contributed by atoms with Crippen molar-refractivity contribution in [3.05, 3.63) is 208 Å². The van der Waals surface area contributed by atoms with Gasteiger partial charge >= 0.3 is 0 Å². The predicted octanol–water partition coefficient (Wildman–Crippen LogP) is 12.3. The quantitative estimate of drug-likeness (QED) is 0.0601. The number of nitrogens with two attached hydrogens (primary N) is 2. The Labute approximate surface area is 439 Å². The van der Waals surface area contributed by atoms with E-state index in [4.69, 9.17) is 57.3 Å². The fourth-order valence-electron chi connectivity index (χ4n) is 6.52. The summed E-state index contributed by atoms with van der Waals surface area (Å²) in [6, 6.07) is 47.2. The summed E-state index contributed by atoms with van der Waals surface area (Å²) in [5, 5.41) is 4.29. The number of halogens is 2. The van der Waals surface area contributed by atoms with E-state index in [0.717, 1.165) is 50.4 Å². The Balaban J connectivity index is 0.000000164. The number of ether oxygens (including phenoxy) is 4. The van der Waals surface area contributed by atoms with Crippen molar-refractivity contribution < 1.29 is 37.4 Å². The first-order chi connectivity index (χ1) is 35.8. The summed E-state index contributed by atoms with van der Waals surface area (Å²) in [6.07, 6.45) is 10.1. The second-order valence-corrected chi connectivity index (χ2v) is 16.4. The van der Waals surface area contributed by atoms with E-state index in [1.165, 1.54) is 21.3 Å². The fourth-order valence-corrected chi connectivity index (χ4v) is 6.95. The zero-order chi connectivity index (χ0) is 53.0. The van der Waals surface area contributed by atoms with Crippen LogP contribution in [0.1, 0.15) is 26.3 Å². The molecule has 0 fully saturated rings. The van der Waals surface area contributed by atoms with Crippen molar-refractivity contribution in [1.29, 1.82) is 0 Å². The molecular weight excluding hydrogens is 1030 g/mol. The number of furan rings is 2. The third kappa shape index (κ3) is 15.1. The molecule has 0 saturated carbocycles. The molecule has 74 heavy (non-hydrogen) atoms. The first-order valence-electron chi connectivity index (χ1n) is 22.1. The number of hydrogen-bond acceptors (Lipinski definition) is 13. The van der Waals surface area contributed by atoms with Gasteiger partial charge in [-0.05, 0) is 173 Å². The van der Waals surface area contributed by atoms with Crippen LogP contribution < -0.4 is 41.3 Å². The number of anilines is 3. The summed E-state index contributed by atoms with van der Waals surface area (Å²) < 4.78 is 32.4. The minimum Gasteiger partial charge on any atom is -0.497 e. The predicted molar refractivity (Wildman–Crippen MR) is 294 cm³/mol. The monoisotopic (exact) mass is 1070 g/mol. The number of carbonyl (C=O) groups is 2. The van der Waals surface area contributed by atoms with Crippen LogP contribution in [0.2, 0.25) is 0 Å². The van der Waals surface area contributed by atoms with Crippen molar-refractivity contribution in [2.24, 2.45) is 0 Å². The first-order valence-corrected chi connectivity index (χ1v) is 23.3. The van der Waals surface area contributed by atoms with Gasteiger partial charge in [0.05, 0.1) is 44.0 Å². The number of aromatic amines is 1. The van der Waals surface area contributed by atoms with Gasteiger partial charge in [-0.25, -0.2) is 9.97 Å². The Morgan fingerprint density at radius 2 is 1.12 bits per heavy atom. The maximum Gasteiger partial charge on any atom is 0.262 e. The van der Waals surface area contributed by atoms with Crippen LogP contribution >= 0.6 is 27.5 Å². The number of fused-ring (bicyclic) bond motifs is 2. The zero-order valence-corrected chi connectivity index (χ0v) is 42.6. The van der Waals surface area contributed by atoms with Gasteiger partial charge in [-0.1, -0.05) is 5.92 Å². The molecule has 10 rings (SSSR count). The molecule has 0 spiro atoms. The molecule has 6 N–H and O–H groups in total. The van der Waals surface area contributed by atoms with E-state index in [1.807, 2.05) is 97.1 Å². The third-order valence-electron chi connectivity index (χ3n) is 10.3. The molecule has 0 aliphatic carbocycles. The lowest BCUT2D eigenvalue weighted by molar-refractivity contribution is 0.102. The molecule has 0 radical (unpaired) electrons. The van der Waals surface area contributed by atoms with Crippen LogP contribution in [0.5, 0.6) is 23.0 Å². The number of amides is 1. The van der Waals surface area contributed by atoms with Gasteiger partial charge in [-0.3, -0.25) is 14.4 Å². The maximum atomic E-state index is 12.6. The van der Waals surface area contributed by atoms with Crippen molar-refractivity contribution >= 4 is 77.9 Å². The number of aromatic nitrogens is 3. The number of nitrogen functional groups attached to an aromatic ring is 2. The molecule has 17 heteroatoms. The molecule has 0 aliphatic heterocycles. The number of pyridine rings is 3. The Bertz CT molecular complexity index is 3490. The van der Waals surface area contributed by atoms with Gasteiger partial charge in [-0.2, -0.15) is 0 Å². The number of hydrogen-bond donors (Lipinski definition) is 4. The summed E-state index contributed by atoms with van der Waals surface area (Å²) in [5.41, 5.74) is 17.9. The van der Waals surface area contributed by atoms with Crippen LogP contribution in [0.3, 0.4) is 0 Å². The summed E-state index contributed by atoms with van der Waals surface area (Å²) in [5.74, 6) is 5.88. The van der Waals surface area contributed by atoms with Gasteiger partial charge in [0.2, 0.25) is 11.4 Å². The van der Waals surface area contributed by atoms with Crippen LogP contribution in [0.15, 0.2) is 194 Å². The fraction of sp³-hybridized carbons (Fsp3) is 0.0702. The number of rotatable bonds is 9. The van der Waals surface area contributed by atoms with E-state index in [2.05, 4.69) is 42.1 Å². The third-order valence-corrected chi connectivity index (χ3v) is 11.2. The number of benzene rings is 5. The number of carbonyl (C=O) groups excluding carboxylic acids is 2. The van der Waals surface area contributed by atoms with Crippen molar-refractivity contribution in [3.8, 4) is 58.0 Å². The highest BCUT2D eigenvalue weighted by Crippen LogP contribution is 2.30. The summed E-state index contributed by atoms with van der Waals surface area (Å²) in [6.45, 7) is 0. The molecule has 0 saturated heterocycles. The van der Waals surface area contributed by atoms with Crippen molar-refractivity contribution in [3.63, 3.8) is 0 Å². The lowest BCUT2D eigenvalue weighted by atomic mass is 10.1. The van der Waals surface area contributed by atoms with Gasteiger partial charge in [0.25, 0.3) is 16.7 Å². The van der Waals surface area contributed by atoms with Gasteiger partial charge in [0, 0.05) is 75.2 Å². The largest absolute Gasteiger partial charge is 0.497 e. The van der Waals surface area contributed by atoms with Crippen LogP contribution in [0.25, 0.3) is 44.8 Å². The minimum atomic E-state index is -0.542. The van der Waals surface area contributed by atoms with Crippen molar-refractivity contribution in [1.82, 2.24) is 15.0 Å². The van der Waals surface area contributed by atoms with E-state index < -0.39 is 5.24 Å². The normalized spacial score (nSPS) is 10.0. The standard InChI is InChI=1S/C22H18N2O4.C13H10N2O.C9H9ClO3.C8H7N.C5H4BrNO/c1-26-17-9-10-18(20(13-17)27-2)21(25)24-16-7-5-14(6-8-16)19-12-15-4-3-11-23-22(15)28-19;14-11-5-3-9(4-6-11)12-8-10-2-1-7-15-13(10)16-12;1-12-6-3-4-7(9(10)11)8(5-6)13-2;1-2-7-3-5-8(9)6-4-7;6-4-2-1-3-7-5(4)8/h3-13H,1-2H3,(H,24,25);1-8H,14H2;3-5H,1-2H3;1,3-6H,9H2;1-3H,(H,7,8). The molecule has 0 atom stereocenters. The van der Waals surface area contributed by atoms with E-state index in [9.17, 15) is 14.4 Å². The van der Waals surface area contributed by atoms with Crippen LogP contribution in [0.4, 0.5) is 17.1 Å². The highest BCUT2D eigenvalue weighted by atomic mass is 79.9. The molecule has 15 nitrogen and oxygen atoms in total. The molecule has 0 aliphatic rings. The minimum absolute atomic E-state index is 0.0903. The average molecular weight is 1080 g/mol. The van der Waals surface area contributed by atoms with Crippen molar-refractivity contribution in [2.45, 2.75) is 0 Å². The number of nitrogens with one attached hydrogen (secondary N) is 2. The van der Waals surface area contributed by atoms with E-state index in [0.29, 0.717) is 55.7 Å². The second kappa shape index (κ2) is 26.8. The molecule has 5 aromatic carbocycles. The van der Waals surface area contributed by atoms with E-state index >= 15 is 0 Å². The number of nitrogens with zero attached hydrogens (tertiary/aromatic N) is 2. The Morgan fingerprint density at radius 1 is 0.635 bits per heavy atom. The molecule has 1 amide bonds. The number of terminal acetylenes is 1. The number of methoxy groups -OCH3 is 4. The van der Waals surface area contributed by atoms with E-state index in [1.54, 1.807) is 86.4 Å². The average Bonchev–Trinajstić information content (AvgIpc) is 4.08. The highest BCUT2D eigenvalue weighted by Gasteiger charge is 2.15. The molecule has 0 unspecified atom stereocenters. The SMILES string of the molecule is C#Cc1ccc(N)cc1.COc1ccc(C(=O)Cl)c(OC)c1.COc1ccc(C(=O)Nc2ccc(-c3cc4cccnc4o3)cc2)c(OC)c1.Nc1ccc(-c2cc3cccnc3o2)cc1.O=c1[nH]cccc1Br. The molecular formula is C57H48BrClN6O9. The van der Waals surface area contributed by atoms with Crippen LogP contribution in [-0.4, -0.2) is 54.5 Å². The lowest BCUT2D eigenvalue weighted by Crippen LogP contribution is -2.13. The Hall–Kier alpha value is -9.30. The zero-order valence-electron chi connectivity index (χ0n) is 40.3. The van der Waals surface area contributed by atoms with Gasteiger partial charge in [0.1, 0.15) is 34.5 Å². The lowest BCUT2D eigenvalue weighted by Gasteiger charge is -2.11. The molecule has 5 heterocycles. The molecule has 0 bridgehead atoms. The van der Waals surface area contributed by atoms with Crippen LogP contribution in [0, 0.1) is 12.3 Å². The highest BCUT2D eigenvalue weighted by molar-refractivity contribution is 9.10. The molecule has 374 valence electrons. The molecule has 10 aromatic rings. The second-order valence-electron chi connectivity index (χ2n) is 15.2. The van der Waals surface area contributed by atoms with Gasteiger partial charge < -0.3 is 49.5 Å². The topological polar surface area (TPSA) is 220 Å². The van der Waals surface area contributed by atoms with Crippen LogP contribution in [-0.2, 0) is 0 Å². The summed E-state index contributed by atoms with van der Waals surface area (Å²) in [7, 11) is 6.09.